The van der Waals surface area contributed by atoms with Gasteiger partial charge in [0, 0.05) is 6.54 Å². The van der Waals surface area contributed by atoms with Crippen molar-refractivity contribution in [3.63, 3.8) is 0 Å². The van der Waals surface area contributed by atoms with E-state index >= 15 is 0 Å². The Bertz CT molecular complexity index is 376. The highest BCUT2D eigenvalue weighted by Gasteiger charge is 2.14. The lowest BCUT2D eigenvalue weighted by Crippen LogP contribution is -2.18. The molecule has 0 unspecified atom stereocenters. The topological polar surface area (TPSA) is 32.7 Å². The second-order valence-corrected chi connectivity index (χ2v) is 5.27. The summed E-state index contributed by atoms with van der Waals surface area (Å²) in [6, 6.07) is 3.95. The van der Waals surface area contributed by atoms with E-state index in [4.69, 9.17) is 4.74 Å². The minimum Gasteiger partial charge on any atom is -0.504 e. The second kappa shape index (κ2) is 5.23. The van der Waals surface area contributed by atoms with Gasteiger partial charge < -0.3 is 9.84 Å². The molecule has 1 aliphatic rings. The normalized spacial score (nSPS) is 16.6. The summed E-state index contributed by atoms with van der Waals surface area (Å²) < 4.78 is 6.01. The Morgan fingerprint density at radius 2 is 2.06 bits per heavy atom. The lowest BCUT2D eigenvalue weighted by Gasteiger charge is -2.16. The van der Waals surface area contributed by atoms with Crippen LogP contribution < -0.4 is 4.74 Å². The van der Waals surface area contributed by atoms with Crippen LogP contribution in [-0.4, -0.2) is 30.2 Å². The molecule has 0 spiro atoms. The molecule has 4 heteroatoms. The van der Waals surface area contributed by atoms with Gasteiger partial charge in [0.1, 0.15) is 0 Å². The number of benzene rings is 1. The van der Waals surface area contributed by atoms with Crippen LogP contribution in [0.5, 0.6) is 11.5 Å². The molecule has 1 aliphatic heterocycles. The Kier molecular flexibility index (Phi) is 3.91. The van der Waals surface area contributed by atoms with Gasteiger partial charge >= 0.3 is 0 Å². The zero-order chi connectivity index (χ0) is 11.5. The molecule has 1 fully saturated rings. The lowest BCUT2D eigenvalue weighted by atomic mass is 10.2. The first kappa shape index (κ1) is 12.0. The maximum atomic E-state index is 9.74. The summed E-state index contributed by atoms with van der Waals surface area (Å²) in [5.41, 5.74) is 1.21. The predicted molar refractivity (Wildman–Crippen MR) is 71.9 cm³/mol. The summed E-state index contributed by atoms with van der Waals surface area (Å²) in [5.74, 6) is 0.814. The average Bonchev–Trinajstić information content (AvgIpc) is 2.76. The Morgan fingerprint density at radius 1 is 1.38 bits per heavy atom. The highest BCUT2D eigenvalue weighted by molar-refractivity contribution is 14.1. The molecule has 1 N–H and O–H groups in total. The molecule has 16 heavy (non-hydrogen) atoms. The van der Waals surface area contributed by atoms with Gasteiger partial charge in [0.2, 0.25) is 0 Å². The molecule has 0 saturated carbocycles. The van der Waals surface area contributed by atoms with Crippen LogP contribution in [0.15, 0.2) is 12.1 Å². The van der Waals surface area contributed by atoms with Crippen molar-refractivity contribution < 1.29 is 9.84 Å². The average molecular weight is 333 g/mol. The Labute approximate surface area is 110 Å². The van der Waals surface area contributed by atoms with Gasteiger partial charge in [0.15, 0.2) is 11.5 Å². The van der Waals surface area contributed by atoms with Crippen molar-refractivity contribution in [1.82, 2.24) is 4.90 Å². The van der Waals surface area contributed by atoms with Crippen molar-refractivity contribution in [3.05, 3.63) is 21.3 Å². The first-order chi connectivity index (χ1) is 7.70. The fraction of sp³-hybridized carbons (Fsp3) is 0.500. The monoisotopic (exact) mass is 333 g/mol. The van der Waals surface area contributed by atoms with Gasteiger partial charge in [-0.25, -0.2) is 0 Å². The van der Waals surface area contributed by atoms with Crippen LogP contribution in [0, 0.1) is 3.57 Å². The first-order valence-electron chi connectivity index (χ1n) is 5.48. The van der Waals surface area contributed by atoms with E-state index < -0.39 is 0 Å². The zero-order valence-electron chi connectivity index (χ0n) is 9.37. The summed E-state index contributed by atoms with van der Waals surface area (Å²) in [6.45, 7) is 3.31. The number of likely N-dealkylation sites (tertiary alicyclic amines) is 1. The first-order valence-corrected chi connectivity index (χ1v) is 6.56. The molecule has 1 aromatic rings. The van der Waals surface area contributed by atoms with Crippen LogP contribution in [0.25, 0.3) is 0 Å². The summed E-state index contributed by atoms with van der Waals surface area (Å²) in [7, 11) is 1.59. The van der Waals surface area contributed by atoms with Gasteiger partial charge in [-0.05, 0) is 66.2 Å². The molecule has 0 radical (unpaired) electrons. The maximum Gasteiger partial charge on any atom is 0.171 e. The fourth-order valence-electron chi connectivity index (χ4n) is 2.07. The molecule has 3 nitrogen and oxygen atoms in total. The summed E-state index contributed by atoms with van der Waals surface area (Å²) in [6.07, 6.45) is 2.60. The van der Waals surface area contributed by atoms with Gasteiger partial charge in [-0.3, -0.25) is 4.90 Å². The third-order valence-electron chi connectivity index (χ3n) is 2.91. The van der Waals surface area contributed by atoms with E-state index in [2.05, 4.69) is 27.5 Å². The number of nitrogens with zero attached hydrogens (tertiary/aromatic N) is 1. The smallest absolute Gasteiger partial charge is 0.171 e. The van der Waals surface area contributed by atoms with E-state index in [1.54, 1.807) is 7.11 Å². The van der Waals surface area contributed by atoms with E-state index in [1.165, 1.54) is 31.5 Å². The SMILES string of the molecule is COc1cc(CN2CCCC2)cc(I)c1O. The zero-order valence-corrected chi connectivity index (χ0v) is 11.5. The molecule has 0 bridgehead atoms. The third-order valence-corrected chi connectivity index (χ3v) is 3.74. The van der Waals surface area contributed by atoms with Crippen LogP contribution in [-0.2, 0) is 6.54 Å². The van der Waals surface area contributed by atoms with E-state index in [0.29, 0.717) is 5.75 Å². The number of phenols is 1. The number of halogens is 1. The van der Waals surface area contributed by atoms with Crippen molar-refractivity contribution in [3.8, 4) is 11.5 Å². The van der Waals surface area contributed by atoms with Crippen LogP contribution in [0.2, 0.25) is 0 Å². The van der Waals surface area contributed by atoms with Crippen molar-refractivity contribution in [1.29, 1.82) is 0 Å². The van der Waals surface area contributed by atoms with E-state index in [-0.39, 0.29) is 5.75 Å². The van der Waals surface area contributed by atoms with Crippen LogP contribution in [0.4, 0.5) is 0 Å². The van der Waals surface area contributed by atoms with Gasteiger partial charge in [-0.1, -0.05) is 0 Å². The number of aromatic hydroxyl groups is 1. The Morgan fingerprint density at radius 3 is 2.69 bits per heavy atom. The molecule has 0 aromatic heterocycles. The summed E-state index contributed by atoms with van der Waals surface area (Å²) in [5, 5.41) is 9.74. The summed E-state index contributed by atoms with van der Waals surface area (Å²) in [4.78, 5) is 2.43. The van der Waals surface area contributed by atoms with Crippen LogP contribution >= 0.6 is 22.6 Å². The van der Waals surface area contributed by atoms with Crippen molar-refractivity contribution >= 4 is 22.6 Å². The molecular formula is C12H16INO2. The molecule has 0 aliphatic carbocycles. The van der Waals surface area contributed by atoms with Gasteiger partial charge in [0.05, 0.1) is 10.7 Å². The lowest BCUT2D eigenvalue weighted by molar-refractivity contribution is 0.328. The third kappa shape index (κ3) is 2.60. The number of hydrogen-bond donors (Lipinski definition) is 1. The second-order valence-electron chi connectivity index (χ2n) is 4.11. The quantitative estimate of drug-likeness (QED) is 0.863. The number of rotatable bonds is 3. The van der Waals surface area contributed by atoms with E-state index in [0.717, 1.165) is 10.1 Å². The molecule has 1 aromatic carbocycles. The van der Waals surface area contributed by atoms with Gasteiger partial charge in [-0.15, -0.1) is 0 Å². The number of methoxy groups -OCH3 is 1. The summed E-state index contributed by atoms with van der Waals surface area (Å²) >= 11 is 2.14. The Balaban J connectivity index is 2.17. The van der Waals surface area contributed by atoms with Crippen molar-refractivity contribution in [2.75, 3.05) is 20.2 Å². The molecule has 0 amide bonds. The highest BCUT2D eigenvalue weighted by atomic mass is 127. The van der Waals surface area contributed by atoms with Crippen molar-refractivity contribution in [2.24, 2.45) is 0 Å². The largest absolute Gasteiger partial charge is 0.504 e. The molecule has 0 atom stereocenters. The minimum absolute atomic E-state index is 0.244. The van der Waals surface area contributed by atoms with Crippen LogP contribution in [0.1, 0.15) is 18.4 Å². The fourth-order valence-corrected chi connectivity index (χ4v) is 2.74. The predicted octanol–water partition coefficient (Wildman–Crippen LogP) is 2.60. The molecule has 1 heterocycles. The molecule has 88 valence electrons. The molecular weight excluding hydrogens is 317 g/mol. The van der Waals surface area contributed by atoms with Gasteiger partial charge in [0.25, 0.3) is 0 Å². The van der Waals surface area contributed by atoms with Crippen LogP contribution in [0.3, 0.4) is 0 Å². The number of hydrogen-bond acceptors (Lipinski definition) is 3. The van der Waals surface area contributed by atoms with E-state index in [9.17, 15) is 5.11 Å². The molecule has 1 saturated heterocycles. The minimum atomic E-state index is 0.244. The number of phenolic OH excluding ortho intramolecular Hbond substituents is 1. The van der Waals surface area contributed by atoms with Crippen molar-refractivity contribution in [2.45, 2.75) is 19.4 Å². The maximum absolute atomic E-state index is 9.74. The molecule has 2 rings (SSSR count). The standard InChI is InChI=1S/C12H16INO2/c1-16-11-7-9(6-10(13)12(11)15)8-14-4-2-3-5-14/h6-7,15H,2-5,8H2,1H3. The Hall–Kier alpha value is -0.490. The highest BCUT2D eigenvalue weighted by Crippen LogP contribution is 2.32. The van der Waals surface area contributed by atoms with Gasteiger partial charge in [-0.2, -0.15) is 0 Å². The van der Waals surface area contributed by atoms with E-state index in [1.807, 2.05) is 12.1 Å². The number of ether oxygens (including phenoxy) is 1.